The van der Waals surface area contributed by atoms with Gasteiger partial charge in [0.25, 0.3) is 0 Å². The van der Waals surface area contributed by atoms with Crippen LogP contribution in [0, 0.1) is 0 Å². The maximum Gasteiger partial charge on any atom is 0.416 e. The van der Waals surface area contributed by atoms with Crippen LogP contribution in [0.1, 0.15) is 19.4 Å². The van der Waals surface area contributed by atoms with Crippen molar-refractivity contribution < 1.29 is 22.7 Å². The highest BCUT2D eigenvalue weighted by Gasteiger charge is 2.30. The summed E-state index contributed by atoms with van der Waals surface area (Å²) in [5.41, 5.74) is -0.709. The highest BCUT2D eigenvalue weighted by molar-refractivity contribution is 8.00. The molecular weight excluding hydrogens is 407 g/mol. The molecule has 1 aromatic carbocycles. The third kappa shape index (κ3) is 5.21. The number of anilines is 2. The summed E-state index contributed by atoms with van der Waals surface area (Å²) in [4.78, 5) is 14.6. The molecule has 3 rings (SSSR count). The summed E-state index contributed by atoms with van der Waals surface area (Å²) in [6.45, 7) is 6.94. The Kier molecular flexibility index (Phi) is 6.68. The summed E-state index contributed by atoms with van der Waals surface area (Å²) >= 11 is 1.21. The van der Waals surface area contributed by atoms with Crippen molar-refractivity contribution in [2.75, 3.05) is 36.5 Å². The minimum absolute atomic E-state index is 0.100. The molecule has 2 heterocycles. The van der Waals surface area contributed by atoms with Crippen molar-refractivity contribution in [1.82, 2.24) is 14.8 Å². The zero-order valence-corrected chi connectivity index (χ0v) is 16.9. The number of thioether (sulfide) groups is 1. The predicted molar refractivity (Wildman–Crippen MR) is 104 cm³/mol. The molecule has 0 spiro atoms. The fourth-order valence-corrected chi connectivity index (χ4v) is 3.78. The smallest absolute Gasteiger partial charge is 0.378 e. The lowest BCUT2D eigenvalue weighted by Gasteiger charge is -2.27. The second-order valence-electron chi connectivity index (χ2n) is 6.45. The molecule has 1 aromatic heterocycles. The van der Waals surface area contributed by atoms with Crippen molar-refractivity contribution in [3.8, 4) is 0 Å². The van der Waals surface area contributed by atoms with Crippen LogP contribution in [0.25, 0.3) is 0 Å². The molecule has 1 saturated heterocycles. The average molecular weight is 429 g/mol. The fourth-order valence-electron chi connectivity index (χ4n) is 2.87. The second-order valence-corrected chi connectivity index (χ2v) is 7.76. The van der Waals surface area contributed by atoms with Gasteiger partial charge in [0.15, 0.2) is 5.16 Å². The van der Waals surface area contributed by atoms with Crippen LogP contribution < -0.4 is 10.2 Å². The second kappa shape index (κ2) is 9.04. The van der Waals surface area contributed by atoms with E-state index < -0.39 is 22.9 Å². The minimum atomic E-state index is -4.46. The number of morpholine rings is 1. The van der Waals surface area contributed by atoms with Gasteiger partial charge in [-0.25, -0.2) is 0 Å². The summed E-state index contributed by atoms with van der Waals surface area (Å²) in [6.07, 6.45) is -4.46. The van der Waals surface area contributed by atoms with Crippen molar-refractivity contribution in [1.29, 1.82) is 0 Å². The first-order valence-electron chi connectivity index (χ1n) is 9.20. The zero-order valence-electron chi connectivity index (χ0n) is 16.1. The van der Waals surface area contributed by atoms with E-state index in [4.69, 9.17) is 4.74 Å². The zero-order chi connectivity index (χ0) is 21.0. The molecule has 29 heavy (non-hydrogen) atoms. The van der Waals surface area contributed by atoms with Crippen molar-refractivity contribution in [3.63, 3.8) is 0 Å². The number of carbonyl (C=O) groups is 1. The molecule has 2 aromatic rings. The highest BCUT2D eigenvalue weighted by atomic mass is 32.2. The number of amides is 1. The van der Waals surface area contributed by atoms with Crippen LogP contribution in [-0.4, -0.2) is 52.2 Å². The number of ether oxygens (including phenoxy) is 1. The summed E-state index contributed by atoms with van der Waals surface area (Å²) in [6, 6.07) is 4.57. The normalized spacial score (nSPS) is 16.0. The number of alkyl halides is 3. The Balaban J connectivity index is 1.68. The average Bonchev–Trinajstić information content (AvgIpc) is 3.10. The quantitative estimate of drug-likeness (QED) is 0.711. The van der Waals surface area contributed by atoms with Crippen LogP contribution in [0.4, 0.5) is 24.8 Å². The lowest BCUT2D eigenvalue weighted by atomic mass is 10.2. The van der Waals surface area contributed by atoms with E-state index in [0.29, 0.717) is 38.0 Å². The molecule has 0 aliphatic carbocycles. The molecule has 1 atom stereocenters. The molecule has 0 radical (unpaired) electrons. The van der Waals surface area contributed by atoms with Crippen LogP contribution >= 0.6 is 11.8 Å². The van der Waals surface area contributed by atoms with E-state index in [9.17, 15) is 18.0 Å². The molecule has 7 nitrogen and oxygen atoms in total. The van der Waals surface area contributed by atoms with Crippen LogP contribution in [-0.2, 0) is 22.3 Å². The van der Waals surface area contributed by atoms with Crippen molar-refractivity contribution >= 4 is 29.3 Å². The minimum Gasteiger partial charge on any atom is -0.378 e. The Morgan fingerprint density at radius 2 is 2.03 bits per heavy atom. The lowest BCUT2D eigenvalue weighted by Crippen LogP contribution is -2.38. The van der Waals surface area contributed by atoms with Crippen molar-refractivity contribution in [2.45, 2.75) is 37.0 Å². The first kappa shape index (κ1) is 21.4. The summed E-state index contributed by atoms with van der Waals surface area (Å²) in [7, 11) is 0. The van der Waals surface area contributed by atoms with Gasteiger partial charge in [-0.15, -0.1) is 10.2 Å². The van der Waals surface area contributed by atoms with E-state index in [1.165, 1.54) is 23.9 Å². The van der Waals surface area contributed by atoms with E-state index in [-0.39, 0.29) is 5.69 Å². The largest absolute Gasteiger partial charge is 0.416 e. The van der Waals surface area contributed by atoms with Gasteiger partial charge in [-0.05, 0) is 32.0 Å². The van der Waals surface area contributed by atoms with Gasteiger partial charge in [-0.3, -0.25) is 9.36 Å². The molecule has 1 amide bonds. The van der Waals surface area contributed by atoms with Gasteiger partial charge in [0.2, 0.25) is 11.9 Å². The maximum absolute atomic E-state index is 12.8. The third-order valence-corrected chi connectivity index (χ3v) is 5.50. The maximum atomic E-state index is 12.8. The number of nitrogens with zero attached hydrogens (tertiary/aromatic N) is 4. The number of aromatic nitrogens is 3. The molecule has 158 valence electrons. The monoisotopic (exact) mass is 429 g/mol. The van der Waals surface area contributed by atoms with E-state index in [1.807, 2.05) is 11.5 Å². The summed E-state index contributed by atoms with van der Waals surface area (Å²) < 4.78 is 45.8. The number of rotatable bonds is 6. The Labute approximate surface area is 170 Å². The van der Waals surface area contributed by atoms with Crippen LogP contribution in [0.3, 0.4) is 0 Å². The first-order chi connectivity index (χ1) is 13.8. The molecule has 1 unspecified atom stereocenters. The Morgan fingerprint density at radius 1 is 1.31 bits per heavy atom. The molecule has 1 aliphatic heterocycles. The van der Waals surface area contributed by atoms with Gasteiger partial charge in [-0.1, -0.05) is 17.8 Å². The van der Waals surface area contributed by atoms with Gasteiger partial charge >= 0.3 is 6.18 Å². The molecule has 1 aliphatic rings. The number of hydrogen-bond acceptors (Lipinski definition) is 6. The third-order valence-electron chi connectivity index (χ3n) is 4.42. The molecule has 0 bridgehead atoms. The fraction of sp³-hybridized carbons (Fsp3) is 0.500. The topological polar surface area (TPSA) is 72.3 Å². The molecular formula is C18H22F3N5O2S. The first-order valence-corrected chi connectivity index (χ1v) is 10.1. The van der Waals surface area contributed by atoms with E-state index in [0.717, 1.165) is 18.1 Å². The summed E-state index contributed by atoms with van der Waals surface area (Å²) in [5, 5.41) is 11.0. The number of carbonyl (C=O) groups excluding carboxylic acids is 1. The number of benzene rings is 1. The van der Waals surface area contributed by atoms with Gasteiger partial charge in [0, 0.05) is 25.3 Å². The lowest BCUT2D eigenvalue weighted by molar-refractivity contribution is -0.137. The van der Waals surface area contributed by atoms with Gasteiger partial charge in [0.05, 0.1) is 24.0 Å². The van der Waals surface area contributed by atoms with Crippen molar-refractivity contribution in [3.05, 3.63) is 29.8 Å². The van der Waals surface area contributed by atoms with Crippen LogP contribution in [0.2, 0.25) is 0 Å². The van der Waals surface area contributed by atoms with Gasteiger partial charge < -0.3 is 15.0 Å². The highest BCUT2D eigenvalue weighted by Crippen LogP contribution is 2.31. The van der Waals surface area contributed by atoms with Crippen LogP contribution in [0.15, 0.2) is 29.4 Å². The summed E-state index contributed by atoms with van der Waals surface area (Å²) in [5.74, 6) is 0.316. The van der Waals surface area contributed by atoms with Gasteiger partial charge in [0.1, 0.15) is 0 Å². The van der Waals surface area contributed by atoms with E-state index in [2.05, 4.69) is 20.4 Å². The van der Waals surface area contributed by atoms with E-state index >= 15 is 0 Å². The van der Waals surface area contributed by atoms with E-state index in [1.54, 1.807) is 6.92 Å². The standard InChI is InChI=1S/C18H22F3N5O2S/c1-3-26-16(25-7-9-28-10-8-25)23-24-17(26)29-12(2)15(27)22-14-6-4-5-13(11-14)18(19,20)21/h4-6,11-12H,3,7-10H2,1-2H3,(H,22,27). The Morgan fingerprint density at radius 3 is 2.69 bits per heavy atom. The Hall–Kier alpha value is -2.27. The van der Waals surface area contributed by atoms with Crippen molar-refractivity contribution in [2.24, 2.45) is 0 Å². The molecule has 11 heteroatoms. The Bertz CT molecular complexity index is 852. The number of nitrogens with one attached hydrogen (secondary N) is 1. The van der Waals surface area contributed by atoms with Crippen LogP contribution in [0.5, 0.6) is 0 Å². The predicted octanol–water partition coefficient (Wildman–Crippen LogP) is 3.27. The number of hydrogen-bond donors (Lipinski definition) is 1. The SMILES string of the molecule is CCn1c(SC(C)C(=O)Nc2cccc(C(F)(F)F)c2)nnc1N1CCOCC1. The molecule has 1 fully saturated rings. The van der Waals surface area contributed by atoms with Gasteiger partial charge in [-0.2, -0.15) is 13.2 Å². The molecule has 0 saturated carbocycles. The molecule has 1 N–H and O–H groups in total. The number of halogens is 3.